The van der Waals surface area contributed by atoms with E-state index in [0.717, 1.165) is 19.4 Å². The fourth-order valence-electron chi connectivity index (χ4n) is 2.26. The van der Waals surface area contributed by atoms with Gasteiger partial charge in [0.05, 0.1) is 0 Å². The minimum Gasteiger partial charge on any atom is -0.460 e. The van der Waals surface area contributed by atoms with Crippen molar-refractivity contribution in [1.82, 2.24) is 4.90 Å². The van der Waals surface area contributed by atoms with Crippen LogP contribution in [0.3, 0.4) is 0 Å². The van der Waals surface area contributed by atoms with Crippen LogP contribution in [0, 0.1) is 5.92 Å². The predicted molar refractivity (Wildman–Crippen MR) is 62.7 cm³/mol. The Hall–Kier alpha value is -1.51. The Balaban J connectivity index is 1.90. The molecule has 1 atom stereocenters. The number of hydrogen-bond acceptors (Lipinski definition) is 3. The van der Waals surface area contributed by atoms with E-state index in [1.807, 2.05) is 0 Å². The molecular weight excluding hydrogens is 202 g/mol. The lowest BCUT2D eigenvalue weighted by atomic mass is 9.97. The molecule has 1 fully saturated rings. The van der Waals surface area contributed by atoms with Crippen molar-refractivity contribution in [2.45, 2.75) is 12.8 Å². The molecule has 0 amide bonds. The summed E-state index contributed by atoms with van der Waals surface area (Å²) in [6.45, 7) is 5.14. The first-order valence-electron chi connectivity index (χ1n) is 5.69. The van der Waals surface area contributed by atoms with E-state index in [1.165, 1.54) is 5.70 Å². The molecule has 1 aliphatic heterocycles. The lowest BCUT2D eigenvalue weighted by Gasteiger charge is -2.22. The van der Waals surface area contributed by atoms with E-state index in [0.29, 0.717) is 19.1 Å². The van der Waals surface area contributed by atoms with Crippen LogP contribution in [0.4, 0.5) is 0 Å². The minimum absolute atomic E-state index is 0.170. The van der Waals surface area contributed by atoms with E-state index >= 15 is 0 Å². The quantitative estimate of drug-likeness (QED) is 0.534. The van der Waals surface area contributed by atoms with Crippen molar-refractivity contribution in [2.75, 3.05) is 19.7 Å². The van der Waals surface area contributed by atoms with Gasteiger partial charge in [-0.1, -0.05) is 24.8 Å². The van der Waals surface area contributed by atoms with Crippen LogP contribution in [-0.2, 0) is 9.53 Å². The zero-order chi connectivity index (χ0) is 11.4. The van der Waals surface area contributed by atoms with Crippen molar-refractivity contribution in [3.63, 3.8) is 0 Å². The molecule has 1 unspecified atom stereocenters. The van der Waals surface area contributed by atoms with Gasteiger partial charge in [-0.2, -0.15) is 0 Å². The molecule has 2 rings (SSSR count). The van der Waals surface area contributed by atoms with Crippen molar-refractivity contribution < 1.29 is 9.53 Å². The molecule has 0 aromatic heterocycles. The first-order chi connectivity index (χ1) is 7.81. The number of nitrogens with zero attached hydrogens (tertiary/aromatic N) is 1. The lowest BCUT2D eigenvalue weighted by molar-refractivity contribution is -0.143. The molecule has 1 aliphatic carbocycles. The molecule has 0 saturated carbocycles. The smallest absolute Gasteiger partial charge is 0.325 e. The predicted octanol–water partition coefficient (Wildman–Crippen LogP) is 1.88. The number of rotatable bonds is 4. The highest BCUT2D eigenvalue weighted by atomic mass is 16.5. The molecule has 3 nitrogen and oxygen atoms in total. The Morgan fingerprint density at radius 3 is 3.38 bits per heavy atom. The van der Waals surface area contributed by atoms with Gasteiger partial charge >= 0.3 is 5.97 Å². The van der Waals surface area contributed by atoms with Crippen LogP contribution in [0.2, 0.25) is 0 Å². The van der Waals surface area contributed by atoms with Gasteiger partial charge in [-0.3, -0.25) is 4.79 Å². The van der Waals surface area contributed by atoms with Gasteiger partial charge in [0.2, 0.25) is 0 Å². The molecule has 0 spiro atoms. The average Bonchev–Trinajstić information content (AvgIpc) is 2.70. The van der Waals surface area contributed by atoms with Crippen LogP contribution in [0.25, 0.3) is 0 Å². The topological polar surface area (TPSA) is 29.5 Å². The number of allylic oxidation sites excluding steroid dienone is 4. The van der Waals surface area contributed by atoms with E-state index in [4.69, 9.17) is 4.74 Å². The van der Waals surface area contributed by atoms with Crippen LogP contribution in [0.1, 0.15) is 12.8 Å². The third kappa shape index (κ3) is 2.35. The van der Waals surface area contributed by atoms with Crippen LogP contribution < -0.4 is 0 Å². The Kier molecular flexibility index (Phi) is 3.44. The van der Waals surface area contributed by atoms with Crippen molar-refractivity contribution >= 4 is 5.97 Å². The van der Waals surface area contributed by atoms with Gasteiger partial charge in [0, 0.05) is 18.2 Å². The summed E-state index contributed by atoms with van der Waals surface area (Å²) in [6, 6.07) is 0. The van der Waals surface area contributed by atoms with E-state index in [2.05, 4.69) is 29.7 Å². The monoisotopic (exact) mass is 219 g/mol. The minimum atomic E-state index is -0.170. The van der Waals surface area contributed by atoms with Gasteiger partial charge in [0.25, 0.3) is 0 Å². The third-order valence-electron chi connectivity index (χ3n) is 3.04. The molecule has 3 heteroatoms. The number of likely N-dealkylation sites (tertiary alicyclic amines) is 1. The Morgan fingerprint density at radius 1 is 1.69 bits per heavy atom. The molecule has 0 radical (unpaired) electrons. The van der Waals surface area contributed by atoms with Crippen molar-refractivity contribution in [2.24, 2.45) is 5.92 Å². The standard InChI is InChI=1S/C13H17NO2/c1-2-9-16-13(15)10-14-8-7-11-5-3-4-6-12(11)14/h2-4,6,11H,1,5,7-10H2. The van der Waals surface area contributed by atoms with Gasteiger partial charge in [0.1, 0.15) is 13.2 Å². The SMILES string of the molecule is C=CCOC(=O)CN1CCC2CC=CC=C21. The lowest BCUT2D eigenvalue weighted by Crippen LogP contribution is -2.28. The van der Waals surface area contributed by atoms with E-state index in [9.17, 15) is 4.79 Å². The van der Waals surface area contributed by atoms with E-state index in [-0.39, 0.29) is 5.97 Å². The van der Waals surface area contributed by atoms with Gasteiger partial charge in [-0.15, -0.1) is 0 Å². The second-order valence-electron chi connectivity index (χ2n) is 4.13. The van der Waals surface area contributed by atoms with Gasteiger partial charge < -0.3 is 9.64 Å². The summed E-state index contributed by atoms with van der Waals surface area (Å²) in [5.74, 6) is 0.438. The molecule has 2 aliphatic rings. The van der Waals surface area contributed by atoms with Crippen LogP contribution in [0.5, 0.6) is 0 Å². The highest BCUT2D eigenvalue weighted by molar-refractivity contribution is 5.72. The molecule has 16 heavy (non-hydrogen) atoms. The first-order valence-corrected chi connectivity index (χ1v) is 5.69. The van der Waals surface area contributed by atoms with Crippen molar-refractivity contribution in [3.05, 3.63) is 36.6 Å². The fraction of sp³-hybridized carbons (Fsp3) is 0.462. The molecular formula is C13H17NO2. The summed E-state index contributed by atoms with van der Waals surface area (Å²) in [7, 11) is 0. The molecule has 1 saturated heterocycles. The Morgan fingerprint density at radius 2 is 2.56 bits per heavy atom. The summed E-state index contributed by atoms with van der Waals surface area (Å²) >= 11 is 0. The summed E-state index contributed by atoms with van der Waals surface area (Å²) in [5.41, 5.74) is 1.29. The molecule has 0 bridgehead atoms. The second-order valence-corrected chi connectivity index (χ2v) is 4.13. The number of carbonyl (C=O) groups excluding carboxylic acids is 1. The molecule has 0 aromatic carbocycles. The Bertz CT molecular complexity index is 344. The van der Waals surface area contributed by atoms with Crippen LogP contribution in [0.15, 0.2) is 36.6 Å². The Labute approximate surface area is 96.1 Å². The van der Waals surface area contributed by atoms with Crippen LogP contribution in [-0.4, -0.2) is 30.6 Å². The van der Waals surface area contributed by atoms with Gasteiger partial charge in [-0.25, -0.2) is 0 Å². The number of carbonyl (C=O) groups is 1. The zero-order valence-electron chi connectivity index (χ0n) is 9.39. The van der Waals surface area contributed by atoms with Crippen molar-refractivity contribution in [1.29, 1.82) is 0 Å². The maximum Gasteiger partial charge on any atom is 0.325 e. The van der Waals surface area contributed by atoms with E-state index in [1.54, 1.807) is 6.08 Å². The molecule has 86 valence electrons. The van der Waals surface area contributed by atoms with Crippen LogP contribution >= 0.6 is 0 Å². The van der Waals surface area contributed by atoms with E-state index < -0.39 is 0 Å². The summed E-state index contributed by atoms with van der Waals surface area (Å²) in [6.07, 6.45) is 10.2. The summed E-state index contributed by atoms with van der Waals surface area (Å²) in [4.78, 5) is 13.6. The van der Waals surface area contributed by atoms with Crippen molar-refractivity contribution in [3.8, 4) is 0 Å². The summed E-state index contributed by atoms with van der Waals surface area (Å²) in [5, 5.41) is 0. The highest BCUT2D eigenvalue weighted by Gasteiger charge is 2.29. The molecule has 0 N–H and O–H groups in total. The highest BCUT2D eigenvalue weighted by Crippen LogP contribution is 2.32. The fourth-order valence-corrected chi connectivity index (χ4v) is 2.26. The summed E-state index contributed by atoms with van der Waals surface area (Å²) < 4.78 is 4.99. The zero-order valence-corrected chi connectivity index (χ0v) is 9.39. The average molecular weight is 219 g/mol. The normalized spacial score (nSPS) is 22.6. The maximum absolute atomic E-state index is 11.5. The number of fused-ring (bicyclic) bond motifs is 1. The molecule has 0 aromatic rings. The number of ether oxygens (including phenoxy) is 1. The maximum atomic E-state index is 11.5. The molecule has 1 heterocycles. The third-order valence-corrected chi connectivity index (χ3v) is 3.04. The number of hydrogen-bond donors (Lipinski definition) is 0. The first kappa shape index (κ1) is 11.0. The van der Waals surface area contributed by atoms with Gasteiger partial charge in [-0.05, 0) is 18.9 Å². The van der Waals surface area contributed by atoms with Gasteiger partial charge in [0.15, 0.2) is 0 Å². The number of esters is 1. The second kappa shape index (κ2) is 5.01. The largest absolute Gasteiger partial charge is 0.460 e.